The van der Waals surface area contributed by atoms with Crippen LogP contribution in [-0.4, -0.2) is 24.4 Å². The zero-order chi connectivity index (χ0) is 13.6. The molecule has 0 fully saturated rings. The van der Waals surface area contributed by atoms with Crippen molar-refractivity contribution in [2.45, 2.75) is 20.3 Å². The quantitative estimate of drug-likeness (QED) is 0.620. The topological polar surface area (TPSA) is 3.01 Å². The van der Waals surface area contributed by atoms with Crippen LogP contribution in [0.15, 0.2) is 47.6 Å². The van der Waals surface area contributed by atoms with E-state index in [0.717, 1.165) is 6.42 Å². The predicted octanol–water partition coefficient (Wildman–Crippen LogP) is 3.53. The molecule has 2 aliphatic rings. The second kappa shape index (κ2) is 4.34. The van der Waals surface area contributed by atoms with Crippen molar-refractivity contribution < 1.29 is 4.58 Å². The van der Waals surface area contributed by atoms with Crippen molar-refractivity contribution in [3.05, 3.63) is 64.3 Å². The summed E-state index contributed by atoms with van der Waals surface area (Å²) in [7, 11) is 4.19. The highest BCUT2D eigenvalue weighted by Gasteiger charge is 2.22. The molecule has 0 saturated heterocycles. The maximum Gasteiger partial charge on any atom is 0.199 e. The second-order valence-corrected chi connectivity index (χ2v) is 5.70. The summed E-state index contributed by atoms with van der Waals surface area (Å²) in [5.74, 6) is 0. The third-order valence-electron chi connectivity index (χ3n) is 4.05. The van der Waals surface area contributed by atoms with Gasteiger partial charge >= 0.3 is 0 Å². The number of rotatable bonds is 0. The summed E-state index contributed by atoms with van der Waals surface area (Å²) < 4.78 is 2.17. The number of hydrogen-bond acceptors (Lipinski definition) is 0. The van der Waals surface area contributed by atoms with Gasteiger partial charge in [0.2, 0.25) is 0 Å². The van der Waals surface area contributed by atoms with Gasteiger partial charge in [-0.1, -0.05) is 23.8 Å². The minimum atomic E-state index is 1.05. The van der Waals surface area contributed by atoms with Gasteiger partial charge in [0.15, 0.2) is 5.71 Å². The largest absolute Gasteiger partial charge is 0.235 e. The van der Waals surface area contributed by atoms with Gasteiger partial charge in [0.1, 0.15) is 14.1 Å². The number of allylic oxidation sites excluding steroid dienone is 6. The Labute approximate surface area is 115 Å². The molecular formula is C18H20N+. The van der Waals surface area contributed by atoms with Crippen LogP contribution in [0, 0.1) is 6.92 Å². The van der Waals surface area contributed by atoms with Gasteiger partial charge in [-0.15, -0.1) is 0 Å². The molecule has 0 saturated carbocycles. The summed E-state index contributed by atoms with van der Waals surface area (Å²) in [4.78, 5) is 0. The van der Waals surface area contributed by atoms with Crippen LogP contribution in [0.5, 0.6) is 0 Å². The minimum Gasteiger partial charge on any atom is -0.235 e. The Balaban J connectivity index is 2.19. The second-order valence-electron chi connectivity index (χ2n) is 5.70. The molecule has 0 aromatic heterocycles. The standard InChI is InChI=1S/C18H20N/c1-12-5-7-17-13(2)18-8-6-16(19(3)4)11-15(18)10-14(17)9-12/h5-9,11H,10H2,1-4H3/q+1. The zero-order valence-electron chi connectivity index (χ0n) is 12.1. The summed E-state index contributed by atoms with van der Waals surface area (Å²) >= 11 is 0. The molecule has 1 heteroatoms. The summed E-state index contributed by atoms with van der Waals surface area (Å²) in [6.07, 6.45) is 7.85. The van der Waals surface area contributed by atoms with E-state index in [0.29, 0.717) is 0 Å². The van der Waals surface area contributed by atoms with E-state index in [1.165, 1.54) is 39.1 Å². The van der Waals surface area contributed by atoms with Gasteiger partial charge < -0.3 is 0 Å². The van der Waals surface area contributed by atoms with E-state index in [2.05, 4.69) is 68.9 Å². The highest BCUT2D eigenvalue weighted by molar-refractivity contribution is 6.04. The van der Waals surface area contributed by atoms with Crippen molar-refractivity contribution >= 4 is 11.3 Å². The van der Waals surface area contributed by atoms with E-state index in [1.54, 1.807) is 0 Å². The molecule has 19 heavy (non-hydrogen) atoms. The number of hydrogen-bond donors (Lipinski definition) is 0. The van der Waals surface area contributed by atoms with Gasteiger partial charge in [-0.25, -0.2) is 4.58 Å². The molecule has 0 N–H and O–H groups in total. The fourth-order valence-corrected chi connectivity index (χ4v) is 2.96. The van der Waals surface area contributed by atoms with Crippen LogP contribution in [0.1, 0.15) is 23.6 Å². The van der Waals surface area contributed by atoms with Gasteiger partial charge in [0.05, 0.1) is 0 Å². The molecule has 3 rings (SSSR count). The Kier molecular flexibility index (Phi) is 2.78. The van der Waals surface area contributed by atoms with E-state index < -0.39 is 0 Å². The molecule has 0 bridgehead atoms. The first-order valence-electron chi connectivity index (χ1n) is 6.80. The van der Waals surface area contributed by atoms with Crippen LogP contribution in [0.3, 0.4) is 0 Å². The number of aryl methyl sites for hydroxylation is 1. The highest BCUT2D eigenvalue weighted by Crippen LogP contribution is 2.36. The van der Waals surface area contributed by atoms with Gasteiger partial charge in [-0.05, 0) is 54.2 Å². The van der Waals surface area contributed by atoms with Crippen molar-refractivity contribution in [2.75, 3.05) is 14.1 Å². The highest BCUT2D eigenvalue weighted by atomic mass is 14.9. The molecule has 96 valence electrons. The smallest absolute Gasteiger partial charge is 0.199 e. The van der Waals surface area contributed by atoms with Gasteiger partial charge in [0.25, 0.3) is 0 Å². The van der Waals surface area contributed by atoms with Crippen molar-refractivity contribution in [3.8, 4) is 0 Å². The molecule has 0 spiro atoms. The lowest BCUT2D eigenvalue weighted by Gasteiger charge is -2.24. The summed E-state index contributed by atoms with van der Waals surface area (Å²) in [5, 5.41) is 0. The fourth-order valence-electron chi connectivity index (χ4n) is 2.96. The average molecular weight is 250 g/mol. The lowest BCUT2D eigenvalue weighted by Crippen LogP contribution is -2.15. The van der Waals surface area contributed by atoms with Crippen molar-refractivity contribution in [3.63, 3.8) is 0 Å². The maximum absolute atomic E-state index is 2.32. The average Bonchev–Trinajstić information content (AvgIpc) is 2.37. The van der Waals surface area contributed by atoms with Crippen molar-refractivity contribution in [1.82, 2.24) is 0 Å². The third-order valence-corrected chi connectivity index (χ3v) is 4.05. The molecular weight excluding hydrogens is 230 g/mol. The van der Waals surface area contributed by atoms with Gasteiger partial charge in [-0.3, -0.25) is 0 Å². The Bertz CT molecular complexity index is 678. The Morgan fingerprint density at radius 3 is 2.58 bits per heavy atom. The number of nitrogens with zero attached hydrogens (tertiary/aromatic N) is 1. The summed E-state index contributed by atoms with van der Waals surface area (Å²) in [6.45, 7) is 4.41. The van der Waals surface area contributed by atoms with Crippen LogP contribution in [0.25, 0.3) is 5.57 Å². The van der Waals surface area contributed by atoms with Crippen molar-refractivity contribution in [2.24, 2.45) is 0 Å². The lowest BCUT2D eigenvalue weighted by molar-refractivity contribution is -0.462. The molecule has 2 aliphatic carbocycles. The van der Waals surface area contributed by atoms with E-state index in [-0.39, 0.29) is 0 Å². The SMILES string of the molecule is CC1=C2C=CC(=[N+](C)C)C=C2Cc2cc(C)ccc21. The molecule has 1 aromatic carbocycles. The van der Waals surface area contributed by atoms with E-state index in [4.69, 9.17) is 0 Å². The van der Waals surface area contributed by atoms with Crippen molar-refractivity contribution in [1.29, 1.82) is 0 Å². The van der Waals surface area contributed by atoms with Crippen LogP contribution in [0.2, 0.25) is 0 Å². The molecule has 0 aliphatic heterocycles. The predicted molar refractivity (Wildman–Crippen MR) is 81.8 cm³/mol. The first-order valence-corrected chi connectivity index (χ1v) is 6.80. The number of benzene rings is 1. The van der Waals surface area contributed by atoms with Crippen LogP contribution in [0.4, 0.5) is 0 Å². The van der Waals surface area contributed by atoms with Crippen LogP contribution < -0.4 is 0 Å². The third kappa shape index (κ3) is 1.99. The first kappa shape index (κ1) is 12.2. The Morgan fingerprint density at radius 1 is 1.05 bits per heavy atom. The monoisotopic (exact) mass is 250 g/mol. The summed E-state index contributed by atoms with van der Waals surface area (Å²) in [5.41, 5.74) is 9.75. The van der Waals surface area contributed by atoms with Gasteiger partial charge in [0, 0.05) is 12.2 Å². The molecule has 0 atom stereocenters. The molecule has 1 nitrogen and oxygen atoms in total. The first-order chi connectivity index (χ1) is 9.06. The molecule has 0 heterocycles. The minimum absolute atomic E-state index is 1.05. The van der Waals surface area contributed by atoms with E-state index in [9.17, 15) is 0 Å². The lowest BCUT2D eigenvalue weighted by atomic mass is 9.80. The maximum atomic E-state index is 2.32. The molecule has 0 radical (unpaired) electrons. The fraction of sp³-hybridized carbons (Fsp3) is 0.278. The van der Waals surface area contributed by atoms with Crippen LogP contribution in [-0.2, 0) is 6.42 Å². The van der Waals surface area contributed by atoms with Gasteiger partial charge in [-0.2, -0.15) is 0 Å². The Morgan fingerprint density at radius 2 is 1.84 bits per heavy atom. The Hall–Kier alpha value is -1.89. The van der Waals surface area contributed by atoms with Crippen LogP contribution >= 0.6 is 0 Å². The molecule has 0 unspecified atom stereocenters. The number of fused-ring (bicyclic) bond motifs is 2. The molecule has 1 aromatic rings. The van der Waals surface area contributed by atoms with E-state index in [1.807, 2.05) is 0 Å². The summed E-state index contributed by atoms with van der Waals surface area (Å²) in [6, 6.07) is 6.80. The van der Waals surface area contributed by atoms with E-state index >= 15 is 0 Å². The normalized spacial score (nSPS) is 17.1. The zero-order valence-corrected chi connectivity index (χ0v) is 12.1. The molecule has 0 amide bonds.